The molecule has 1 aliphatic heterocycles. The summed E-state index contributed by atoms with van der Waals surface area (Å²) in [6, 6.07) is 0. The monoisotopic (exact) mass is 292 g/mol. The molecule has 0 saturated heterocycles. The van der Waals surface area contributed by atoms with E-state index < -0.39 is 0 Å². The first-order valence-electron chi connectivity index (χ1n) is 8.16. The zero-order valence-electron chi connectivity index (χ0n) is 13.6. The Balaban J connectivity index is 2.03. The van der Waals surface area contributed by atoms with Gasteiger partial charge in [0.1, 0.15) is 12.4 Å². The molecule has 6 heteroatoms. The summed E-state index contributed by atoms with van der Waals surface area (Å²) in [6.45, 7) is 7.86. The van der Waals surface area contributed by atoms with Gasteiger partial charge in [0.15, 0.2) is 11.8 Å². The van der Waals surface area contributed by atoms with Crippen molar-refractivity contribution < 1.29 is 0 Å². The van der Waals surface area contributed by atoms with E-state index in [4.69, 9.17) is 4.99 Å². The summed E-state index contributed by atoms with van der Waals surface area (Å²) in [4.78, 5) is 6.92. The fraction of sp³-hybridized carbons (Fsp3) is 0.800. The highest BCUT2D eigenvalue weighted by Crippen LogP contribution is 2.14. The van der Waals surface area contributed by atoms with Crippen molar-refractivity contribution in [1.29, 1.82) is 0 Å². The van der Waals surface area contributed by atoms with Gasteiger partial charge in [-0.15, -0.1) is 10.2 Å². The normalized spacial score (nSPS) is 14.9. The fourth-order valence-electron chi connectivity index (χ4n) is 2.60. The summed E-state index contributed by atoms with van der Waals surface area (Å²) in [5.41, 5.74) is 0. The lowest BCUT2D eigenvalue weighted by Gasteiger charge is -2.21. The molecule has 0 bridgehead atoms. The SMILES string of the molecule is CCCCN(C)C(=NCc1nnc2n1CCCC2)NCC. The number of guanidine groups is 1. The van der Waals surface area contributed by atoms with E-state index in [1.54, 1.807) is 0 Å². The number of fused-ring (bicyclic) bond motifs is 1. The number of nitrogens with one attached hydrogen (secondary N) is 1. The molecule has 0 amide bonds. The lowest BCUT2D eigenvalue weighted by atomic mass is 10.2. The predicted molar refractivity (Wildman–Crippen MR) is 85.3 cm³/mol. The van der Waals surface area contributed by atoms with Crippen LogP contribution in [0.1, 0.15) is 51.2 Å². The molecule has 0 atom stereocenters. The van der Waals surface area contributed by atoms with Crippen LogP contribution < -0.4 is 5.32 Å². The Morgan fingerprint density at radius 3 is 2.95 bits per heavy atom. The van der Waals surface area contributed by atoms with E-state index in [1.807, 2.05) is 0 Å². The largest absolute Gasteiger partial charge is 0.357 e. The molecule has 0 unspecified atom stereocenters. The molecular formula is C15H28N6. The number of hydrogen-bond donors (Lipinski definition) is 1. The zero-order valence-corrected chi connectivity index (χ0v) is 13.6. The maximum absolute atomic E-state index is 4.73. The van der Waals surface area contributed by atoms with Gasteiger partial charge in [-0.3, -0.25) is 0 Å². The number of aromatic nitrogens is 3. The second kappa shape index (κ2) is 8.00. The number of aryl methyl sites for hydroxylation is 1. The highest BCUT2D eigenvalue weighted by Gasteiger charge is 2.15. The van der Waals surface area contributed by atoms with Gasteiger partial charge >= 0.3 is 0 Å². The Hall–Kier alpha value is -1.59. The third-order valence-electron chi connectivity index (χ3n) is 3.85. The number of rotatable bonds is 6. The topological polar surface area (TPSA) is 58.3 Å². The van der Waals surface area contributed by atoms with E-state index >= 15 is 0 Å². The minimum Gasteiger partial charge on any atom is -0.357 e. The smallest absolute Gasteiger partial charge is 0.194 e. The van der Waals surface area contributed by atoms with Crippen LogP contribution in [-0.2, 0) is 19.5 Å². The number of nitrogens with zero attached hydrogens (tertiary/aromatic N) is 5. The van der Waals surface area contributed by atoms with Crippen molar-refractivity contribution in [3.63, 3.8) is 0 Å². The van der Waals surface area contributed by atoms with Gasteiger partial charge in [0.2, 0.25) is 0 Å². The van der Waals surface area contributed by atoms with Gasteiger partial charge in [-0.1, -0.05) is 13.3 Å². The third kappa shape index (κ3) is 4.19. The molecule has 1 aromatic rings. The first-order valence-corrected chi connectivity index (χ1v) is 8.16. The minimum atomic E-state index is 0.603. The van der Waals surface area contributed by atoms with Crippen LogP contribution in [0, 0.1) is 0 Å². The van der Waals surface area contributed by atoms with Gasteiger partial charge < -0.3 is 14.8 Å². The minimum absolute atomic E-state index is 0.603. The lowest BCUT2D eigenvalue weighted by molar-refractivity contribution is 0.463. The molecule has 1 N–H and O–H groups in total. The first-order chi connectivity index (χ1) is 10.3. The first kappa shape index (κ1) is 15.8. The molecule has 21 heavy (non-hydrogen) atoms. The van der Waals surface area contributed by atoms with Crippen LogP contribution in [-0.4, -0.2) is 45.8 Å². The average Bonchev–Trinajstić information content (AvgIpc) is 2.92. The van der Waals surface area contributed by atoms with Gasteiger partial charge in [-0.05, 0) is 26.2 Å². The number of aliphatic imine (C=N–C) groups is 1. The molecule has 0 fully saturated rings. The third-order valence-corrected chi connectivity index (χ3v) is 3.85. The van der Waals surface area contributed by atoms with E-state index in [-0.39, 0.29) is 0 Å². The predicted octanol–water partition coefficient (Wildman–Crippen LogP) is 1.81. The van der Waals surface area contributed by atoms with Crippen LogP contribution in [0.5, 0.6) is 0 Å². The van der Waals surface area contributed by atoms with E-state index in [2.05, 4.69) is 45.9 Å². The van der Waals surface area contributed by atoms with Crippen LogP contribution >= 0.6 is 0 Å². The molecule has 2 rings (SSSR count). The van der Waals surface area contributed by atoms with Gasteiger partial charge in [0.25, 0.3) is 0 Å². The summed E-state index contributed by atoms with van der Waals surface area (Å²) in [5.74, 6) is 3.07. The second-order valence-electron chi connectivity index (χ2n) is 5.59. The molecular weight excluding hydrogens is 264 g/mol. The lowest BCUT2D eigenvalue weighted by Crippen LogP contribution is -2.39. The van der Waals surface area contributed by atoms with E-state index in [0.717, 1.165) is 43.7 Å². The zero-order chi connectivity index (χ0) is 15.1. The van der Waals surface area contributed by atoms with Crippen LogP contribution in [0.3, 0.4) is 0 Å². The molecule has 0 spiro atoms. The van der Waals surface area contributed by atoms with E-state index in [1.165, 1.54) is 25.7 Å². The van der Waals surface area contributed by atoms with Gasteiger partial charge in [-0.2, -0.15) is 0 Å². The Kier molecular flexibility index (Phi) is 6.02. The maximum Gasteiger partial charge on any atom is 0.194 e. The van der Waals surface area contributed by atoms with Crippen molar-refractivity contribution in [2.24, 2.45) is 4.99 Å². The number of hydrogen-bond acceptors (Lipinski definition) is 3. The van der Waals surface area contributed by atoms with Crippen molar-refractivity contribution in [3.05, 3.63) is 11.6 Å². The molecule has 0 radical (unpaired) electrons. The molecule has 2 heterocycles. The number of unbranched alkanes of at least 4 members (excludes halogenated alkanes) is 1. The summed E-state index contributed by atoms with van der Waals surface area (Å²) in [5, 5.41) is 11.9. The second-order valence-corrected chi connectivity index (χ2v) is 5.59. The van der Waals surface area contributed by atoms with Crippen molar-refractivity contribution in [2.75, 3.05) is 20.1 Å². The fourth-order valence-corrected chi connectivity index (χ4v) is 2.60. The highest BCUT2D eigenvalue weighted by atomic mass is 15.3. The van der Waals surface area contributed by atoms with Crippen molar-refractivity contribution in [1.82, 2.24) is 25.0 Å². The summed E-state index contributed by atoms with van der Waals surface area (Å²) in [6.07, 6.45) is 5.87. The summed E-state index contributed by atoms with van der Waals surface area (Å²) < 4.78 is 2.24. The molecule has 0 aromatic carbocycles. The van der Waals surface area contributed by atoms with Crippen molar-refractivity contribution in [2.45, 2.75) is 59.0 Å². The summed E-state index contributed by atoms with van der Waals surface area (Å²) >= 11 is 0. The van der Waals surface area contributed by atoms with E-state index in [0.29, 0.717) is 6.54 Å². The Morgan fingerprint density at radius 2 is 2.19 bits per heavy atom. The molecule has 118 valence electrons. The molecule has 1 aliphatic rings. The van der Waals surface area contributed by atoms with Crippen LogP contribution in [0.2, 0.25) is 0 Å². The van der Waals surface area contributed by atoms with Gasteiger partial charge in [0.05, 0.1) is 0 Å². The van der Waals surface area contributed by atoms with Crippen molar-refractivity contribution >= 4 is 5.96 Å². The van der Waals surface area contributed by atoms with Crippen LogP contribution in [0.4, 0.5) is 0 Å². The van der Waals surface area contributed by atoms with Gasteiger partial charge in [-0.25, -0.2) is 4.99 Å². The average molecular weight is 292 g/mol. The standard InChI is InChI=1S/C15H28N6/c1-4-6-10-20(3)15(16-5-2)17-12-14-19-18-13-9-7-8-11-21(13)14/h4-12H2,1-3H3,(H,16,17). The molecule has 6 nitrogen and oxygen atoms in total. The Morgan fingerprint density at radius 1 is 1.33 bits per heavy atom. The van der Waals surface area contributed by atoms with Crippen molar-refractivity contribution in [3.8, 4) is 0 Å². The maximum atomic E-state index is 4.73. The van der Waals surface area contributed by atoms with Crippen LogP contribution in [0.15, 0.2) is 4.99 Å². The van der Waals surface area contributed by atoms with E-state index in [9.17, 15) is 0 Å². The molecule has 1 aromatic heterocycles. The van der Waals surface area contributed by atoms with Gasteiger partial charge in [0, 0.05) is 33.1 Å². The quantitative estimate of drug-likeness (QED) is 0.642. The Labute approximate surface area is 127 Å². The van der Waals surface area contributed by atoms with Crippen LogP contribution in [0.25, 0.3) is 0 Å². The highest BCUT2D eigenvalue weighted by molar-refractivity contribution is 5.79. The Bertz CT molecular complexity index is 465. The molecule has 0 saturated carbocycles. The molecule has 0 aliphatic carbocycles. The summed E-state index contributed by atoms with van der Waals surface area (Å²) in [7, 11) is 2.09.